The zero-order valence-electron chi connectivity index (χ0n) is 10.7. The average Bonchev–Trinajstić information content (AvgIpc) is 2.84. The first-order chi connectivity index (χ1) is 9.22. The Morgan fingerprint density at radius 3 is 2.79 bits per heavy atom. The number of hydrogen-bond acceptors (Lipinski definition) is 6. The Bertz CT molecular complexity index is 467. The molecular weight excluding hydrogens is 268 g/mol. The van der Waals surface area contributed by atoms with Crippen LogP contribution in [0.15, 0.2) is 12.1 Å². The number of unbranched alkanes of at least 4 members (excludes halogenated alkanes) is 1. The van der Waals surface area contributed by atoms with E-state index in [1.807, 2.05) is 0 Å². The van der Waals surface area contributed by atoms with Gasteiger partial charge in [-0.05, 0) is 24.9 Å². The van der Waals surface area contributed by atoms with Crippen LogP contribution in [0, 0.1) is 10.1 Å². The topological polar surface area (TPSA) is 73.6 Å². The number of nitrogens with one attached hydrogen (secondary N) is 1. The lowest BCUT2D eigenvalue weighted by molar-refractivity contribution is -0.384. The van der Waals surface area contributed by atoms with E-state index in [2.05, 4.69) is 11.6 Å². The van der Waals surface area contributed by atoms with Crippen molar-refractivity contribution in [2.75, 3.05) is 30.7 Å². The molecule has 1 aromatic carbocycles. The summed E-state index contributed by atoms with van der Waals surface area (Å²) in [5, 5.41) is 14.1. The quantitative estimate of drug-likeness (QED) is 0.471. The van der Waals surface area contributed by atoms with Crippen LogP contribution in [-0.4, -0.2) is 30.3 Å². The monoisotopic (exact) mass is 284 g/mol. The number of benzene rings is 1. The van der Waals surface area contributed by atoms with Gasteiger partial charge in [0, 0.05) is 12.6 Å². The van der Waals surface area contributed by atoms with Crippen LogP contribution < -0.4 is 14.8 Å². The van der Waals surface area contributed by atoms with Crippen LogP contribution in [0.1, 0.15) is 12.8 Å². The SMILES string of the molecule is CSCCCCNc1cc2c(cc1[N+](=O)[O-])OCO2. The van der Waals surface area contributed by atoms with Crippen LogP contribution in [0.25, 0.3) is 0 Å². The molecule has 0 saturated heterocycles. The molecule has 0 amide bonds. The summed E-state index contributed by atoms with van der Waals surface area (Å²) in [5.41, 5.74) is 0.507. The fourth-order valence-corrected chi connectivity index (χ4v) is 2.31. The van der Waals surface area contributed by atoms with Gasteiger partial charge < -0.3 is 14.8 Å². The third-order valence-corrected chi connectivity index (χ3v) is 3.48. The van der Waals surface area contributed by atoms with Crippen LogP contribution in [0.3, 0.4) is 0 Å². The van der Waals surface area contributed by atoms with Crippen molar-refractivity contribution < 1.29 is 14.4 Å². The summed E-state index contributed by atoms with van der Waals surface area (Å²) in [6.45, 7) is 0.824. The average molecular weight is 284 g/mol. The molecule has 0 spiro atoms. The van der Waals surface area contributed by atoms with Crippen molar-refractivity contribution in [3.63, 3.8) is 0 Å². The number of ether oxygens (including phenoxy) is 2. The van der Waals surface area contributed by atoms with E-state index in [9.17, 15) is 10.1 Å². The molecule has 0 radical (unpaired) electrons. The second kappa shape index (κ2) is 6.51. The second-order valence-corrected chi connectivity index (χ2v) is 5.09. The standard InChI is InChI=1S/C12H16N2O4S/c1-19-5-3-2-4-13-9-6-11-12(18-8-17-11)7-10(9)14(15)16/h6-7,13H,2-5,8H2,1H3. The fraction of sp³-hybridized carbons (Fsp3) is 0.500. The Balaban J connectivity index is 2.03. The molecule has 19 heavy (non-hydrogen) atoms. The summed E-state index contributed by atoms with van der Waals surface area (Å²) in [7, 11) is 0. The number of fused-ring (bicyclic) bond motifs is 1. The molecule has 1 aromatic rings. The molecule has 0 fully saturated rings. The van der Waals surface area contributed by atoms with Gasteiger partial charge in [0.1, 0.15) is 5.69 Å². The highest BCUT2D eigenvalue weighted by Crippen LogP contribution is 2.40. The van der Waals surface area contributed by atoms with Crippen molar-refractivity contribution >= 4 is 23.1 Å². The van der Waals surface area contributed by atoms with Gasteiger partial charge in [-0.2, -0.15) is 11.8 Å². The van der Waals surface area contributed by atoms with Gasteiger partial charge in [-0.1, -0.05) is 0 Å². The zero-order valence-corrected chi connectivity index (χ0v) is 11.5. The van der Waals surface area contributed by atoms with Crippen molar-refractivity contribution in [3.8, 4) is 11.5 Å². The first-order valence-electron chi connectivity index (χ1n) is 6.03. The highest BCUT2D eigenvalue weighted by atomic mass is 32.2. The van der Waals surface area contributed by atoms with Crippen LogP contribution in [-0.2, 0) is 0 Å². The second-order valence-electron chi connectivity index (χ2n) is 4.11. The van der Waals surface area contributed by atoms with E-state index in [4.69, 9.17) is 9.47 Å². The summed E-state index contributed by atoms with van der Waals surface area (Å²) in [6, 6.07) is 3.04. The van der Waals surface area contributed by atoms with E-state index in [1.165, 1.54) is 6.07 Å². The van der Waals surface area contributed by atoms with E-state index < -0.39 is 4.92 Å². The van der Waals surface area contributed by atoms with Gasteiger partial charge in [-0.15, -0.1) is 0 Å². The Kier molecular flexibility index (Phi) is 4.73. The fourth-order valence-electron chi connectivity index (χ4n) is 1.82. The third-order valence-electron chi connectivity index (χ3n) is 2.78. The number of nitro groups is 1. The first kappa shape index (κ1) is 13.8. The maximum absolute atomic E-state index is 11.0. The minimum atomic E-state index is -0.411. The smallest absolute Gasteiger partial charge is 0.296 e. The molecule has 0 saturated carbocycles. The van der Waals surface area contributed by atoms with Crippen LogP contribution in [0.2, 0.25) is 0 Å². The molecule has 1 aliphatic rings. The van der Waals surface area contributed by atoms with Crippen molar-refractivity contribution in [3.05, 3.63) is 22.2 Å². The molecule has 2 rings (SSSR count). The molecule has 1 aliphatic heterocycles. The first-order valence-corrected chi connectivity index (χ1v) is 7.42. The summed E-state index contributed by atoms with van der Waals surface area (Å²) in [4.78, 5) is 10.6. The Morgan fingerprint density at radius 1 is 1.37 bits per heavy atom. The predicted octanol–water partition coefficient (Wildman–Crippen LogP) is 2.88. The van der Waals surface area contributed by atoms with E-state index in [-0.39, 0.29) is 12.5 Å². The number of anilines is 1. The lowest BCUT2D eigenvalue weighted by Gasteiger charge is -2.08. The van der Waals surface area contributed by atoms with E-state index in [0.29, 0.717) is 23.7 Å². The summed E-state index contributed by atoms with van der Waals surface area (Å²) in [5.74, 6) is 2.09. The van der Waals surface area contributed by atoms with E-state index >= 15 is 0 Å². The van der Waals surface area contributed by atoms with Crippen LogP contribution in [0.5, 0.6) is 11.5 Å². The van der Waals surface area contributed by atoms with Gasteiger partial charge in [0.15, 0.2) is 11.5 Å². The van der Waals surface area contributed by atoms with Crippen molar-refractivity contribution in [2.45, 2.75) is 12.8 Å². The minimum Gasteiger partial charge on any atom is -0.454 e. The van der Waals surface area contributed by atoms with Crippen LogP contribution >= 0.6 is 11.8 Å². The third kappa shape index (κ3) is 3.44. The Labute approximate surface area is 115 Å². The molecule has 1 heterocycles. The highest BCUT2D eigenvalue weighted by molar-refractivity contribution is 7.98. The molecule has 1 N–H and O–H groups in total. The molecule has 0 aromatic heterocycles. The minimum absolute atomic E-state index is 0.0223. The lowest BCUT2D eigenvalue weighted by Crippen LogP contribution is -2.04. The maximum atomic E-state index is 11.0. The van der Waals surface area contributed by atoms with Gasteiger partial charge in [-0.25, -0.2) is 0 Å². The van der Waals surface area contributed by atoms with Crippen molar-refractivity contribution in [2.24, 2.45) is 0 Å². The molecule has 0 aliphatic carbocycles. The van der Waals surface area contributed by atoms with E-state index in [0.717, 1.165) is 18.6 Å². The van der Waals surface area contributed by atoms with Crippen molar-refractivity contribution in [1.29, 1.82) is 0 Å². The van der Waals surface area contributed by atoms with Crippen molar-refractivity contribution in [1.82, 2.24) is 0 Å². The molecule has 0 unspecified atom stereocenters. The Morgan fingerprint density at radius 2 is 2.11 bits per heavy atom. The molecule has 0 bridgehead atoms. The number of rotatable bonds is 7. The molecular formula is C12H16N2O4S. The summed E-state index contributed by atoms with van der Waals surface area (Å²) < 4.78 is 10.4. The van der Waals surface area contributed by atoms with Crippen LogP contribution in [0.4, 0.5) is 11.4 Å². The number of nitrogens with zero attached hydrogens (tertiary/aromatic N) is 1. The van der Waals surface area contributed by atoms with E-state index in [1.54, 1.807) is 17.8 Å². The van der Waals surface area contributed by atoms with Gasteiger partial charge in [0.05, 0.1) is 11.0 Å². The number of hydrogen-bond donors (Lipinski definition) is 1. The highest BCUT2D eigenvalue weighted by Gasteiger charge is 2.22. The molecule has 104 valence electrons. The maximum Gasteiger partial charge on any atom is 0.296 e. The van der Waals surface area contributed by atoms with Gasteiger partial charge in [0.25, 0.3) is 5.69 Å². The molecule has 6 nitrogen and oxygen atoms in total. The summed E-state index contributed by atoms with van der Waals surface area (Å²) in [6.07, 6.45) is 4.13. The molecule has 7 heteroatoms. The predicted molar refractivity (Wildman–Crippen MR) is 75.3 cm³/mol. The normalized spacial score (nSPS) is 12.5. The number of thioether (sulfide) groups is 1. The van der Waals surface area contributed by atoms with Gasteiger partial charge >= 0.3 is 0 Å². The van der Waals surface area contributed by atoms with Gasteiger partial charge in [-0.3, -0.25) is 10.1 Å². The number of nitro benzene ring substituents is 1. The van der Waals surface area contributed by atoms with Gasteiger partial charge in [0.2, 0.25) is 6.79 Å². The zero-order chi connectivity index (χ0) is 13.7. The largest absolute Gasteiger partial charge is 0.454 e. The molecule has 0 atom stereocenters. The Hall–Kier alpha value is -1.63. The lowest BCUT2D eigenvalue weighted by atomic mass is 10.2. The summed E-state index contributed by atoms with van der Waals surface area (Å²) >= 11 is 1.80.